The number of fused-ring (bicyclic) bond motifs is 1. The Bertz CT molecular complexity index is 726. The molecule has 0 aliphatic carbocycles. The van der Waals surface area contributed by atoms with Crippen molar-refractivity contribution >= 4 is 16.7 Å². The van der Waals surface area contributed by atoms with Crippen LogP contribution in [0.5, 0.6) is 0 Å². The van der Waals surface area contributed by atoms with E-state index in [0.717, 1.165) is 34.6 Å². The third-order valence-corrected chi connectivity index (χ3v) is 3.25. The van der Waals surface area contributed by atoms with Crippen molar-refractivity contribution in [2.24, 2.45) is 7.05 Å². The number of hydrogen-bond donors (Lipinski definition) is 1. The first-order valence-electron chi connectivity index (χ1n) is 6.22. The Morgan fingerprint density at radius 3 is 2.84 bits per heavy atom. The molecule has 2 heterocycles. The van der Waals surface area contributed by atoms with E-state index >= 15 is 0 Å². The molecule has 1 aromatic carbocycles. The predicted molar refractivity (Wildman–Crippen MR) is 74.0 cm³/mol. The van der Waals surface area contributed by atoms with Crippen LogP contribution in [-0.4, -0.2) is 14.9 Å². The molecular weight excluding hydrogens is 240 g/mol. The summed E-state index contributed by atoms with van der Waals surface area (Å²) < 4.78 is 7.09. The van der Waals surface area contributed by atoms with Crippen LogP contribution in [0.4, 0.5) is 5.69 Å². The van der Waals surface area contributed by atoms with Crippen molar-refractivity contribution in [3.05, 3.63) is 41.3 Å². The van der Waals surface area contributed by atoms with Gasteiger partial charge in [0.05, 0.1) is 11.4 Å². The van der Waals surface area contributed by atoms with Gasteiger partial charge in [-0.3, -0.25) is 4.68 Å². The highest BCUT2D eigenvalue weighted by molar-refractivity contribution is 5.82. The zero-order valence-corrected chi connectivity index (χ0v) is 11.3. The summed E-state index contributed by atoms with van der Waals surface area (Å²) in [4.78, 5) is 0. The van der Waals surface area contributed by atoms with E-state index in [1.807, 2.05) is 50.0 Å². The molecule has 0 bridgehead atoms. The normalized spacial score (nSPS) is 11.1. The molecular formula is C14H16N4O. The van der Waals surface area contributed by atoms with Crippen molar-refractivity contribution in [3.63, 3.8) is 0 Å². The average Bonchev–Trinajstić information content (AvgIpc) is 2.90. The fourth-order valence-electron chi connectivity index (χ4n) is 2.19. The fourth-order valence-corrected chi connectivity index (χ4v) is 2.19. The minimum absolute atomic E-state index is 0.748. The summed E-state index contributed by atoms with van der Waals surface area (Å²) in [5.74, 6) is 0. The van der Waals surface area contributed by atoms with Crippen LogP contribution in [0.15, 0.2) is 28.9 Å². The minimum atomic E-state index is 0.748. The Labute approximate surface area is 111 Å². The highest BCUT2D eigenvalue weighted by atomic mass is 16.5. The van der Waals surface area contributed by atoms with Gasteiger partial charge in [-0.25, -0.2) is 0 Å². The van der Waals surface area contributed by atoms with Crippen LogP contribution in [0.25, 0.3) is 11.0 Å². The summed E-state index contributed by atoms with van der Waals surface area (Å²) in [6, 6.07) is 6.04. The molecule has 3 aromatic rings. The third-order valence-electron chi connectivity index (χ3n) is 3.25. The lowest BCUT2D eigenvalue weighted by atomic mass is 10.2. The first-order valence-corrected chi connectivity index (χ1v) is 6.22. The predicted octanol–water partition coefficient (Wildman–Crippen LogP) is 2.79. The number of anilines is 1. The summed E-state index contributed by atoms with van der Waals surface area (Å²) in [7, 11) is 1.93. The largest absolute Gasteiger partial charge is 0.381 e. The molecule has 19 heavy (non-hydrogen) atoms. The van der Waals surface area contributed by atoms with Gasteiger partial charge in [0.1, 0.15) is 0 Å². The molecule has 2 aromatic heterocycles. The highest BCUT2D eigenvalue weighted by Gasteiger charge is 2.06. The lowest BCUT2D eigenvalue weighted by Crippen LogP contribution is -1.99. The van der Waals surface area contributed by atoms with E-state index in [9.17, 15) is 0 Å². The van der Waals surface area contributed by atoms with Gasteiger partial charge in [-0.05, 0) is 26.0 Å². The Balaban J connectivity index is 1.80. The molecule has 3 rings (SSSR count). The molecule has 0 aliphatic heterocycles. The summed E-state index contributed by atoms with van der Waals surface area (Å²) in [5.41, 5.74) is 4.99. The van der Waals surface area contributed by atoms with Crippen LogP contribution >= 0.6 is 0 Å². The molecule has 0 saturated heterocycles. The zero-order chi connectivity index (χ0) is 13.4. The topological polar surface area (TPSA) is 55.9 Å². The smallest absolute Gasteiger partial charge is 0.169 e. The van der Waals surface area contributed by atoms with Gasteiger partial charge in [-0.1, -0.05) is 5.16 Å². The van der Waals surface area contributed by atoms with E-state index in [2.05, 4.69) is 15.6 Å². The Kier molecular flexibility index (Phi) is 2.74. The SMILES string of the molecule is Cc1nn(C)cc1CNc1ccc2c(C)noc2c1. The van der Waals surface area contributed by atoms with Gasteiger partial charge in [0.25, 0.3) is 0 Å². The van der Waals surface area contributed by atoms with Crippen LogP contribution in [0.3, 0.4) is 0 Å². The van der Waals surface area contributed by atoms with Crippen LogP contribution in [-0.2, 0) is 13.6 Å². The fraction of sp³-hybridized carbons (Fsp3) is 0.286. The molecule has 0 unspecified atom stereocenters. The van der Waals surface area contributed by atoms with Crippen LogP contribution < -0.4 is 5.32 Å². The van der Waals surface area contributed by atoms with Gasteiger partial charge in [0.2, 0.25) is 0 Å². The number of nitrogens with zero attached hydrogens (tertiary/aromatic N) is 3. The highest BCUT2D eigenvalue weighted by Crippen LogP contribution is 2.22. The maximum absolute atomic E-state index is 5.26. The van der Waals surface area contributed by atoms with Gasteiger partial charge < -0.3 is 9.84 Å². The van der Waals surface area contributed by atoms with Crippen molar-refractivity contribution < 1.29 is 4.52 Å². The standard InChI is InChI=1S/C14H16N4O/c1-9-11(8-18(3)16-9)7-15-12-4-5-13-10(2)17-19-14(13)6-12/h4-6,8,15H,7H2,1-3H3. The minimum Gasteiger partial charge on any atom is -0.381 e. The monoisotopic (exact) mass is 256 g/mol. The van der Waals surface area contributed by atoms with Gasteiger partial charge >= 0.3 is 0 Å². The van der Waals surface area contributed by atoms with Crippen molar-refractivity contribution in [2.75, 3.05) is 5.32 Å². The lowest BCUT2D eigenvalue weighted by Gasteiger charge is -2.05. The molecule has 0 spiro atoms. The lowest BCUT2D eigenvalue weighted by molar-refractivity contribution is 0.450. The molecule has 5 heteroatoms. The van der Waals surface area contributed by atoms with Crippen molar-refractivity contribution in [2.45, 2.75) is 20.4 Å². The van der Waals surface area contributed by atoms with E-state index in [1.165, 1.54) is 5.56 Å². The van der Waals surface area contributed by atoms with E-state index in [1.54, 1.807) is 0 Å². The summed E-state index contributed by atoms with van der Waals surface area (Å²) in [5, 5.41) is 12.7. The molecule has 0 aliphatic rings. The maximum Gasteiger partial charge on any atom is 0.169 e. The number of rotatable bonds is 3. The molecule has 0 atom stereocenters. The maximum atomic E-state index is 5.26. The van der Waals surface area contributed by atoms with E-state index in [4.69, 9.17) is 4.52 Å². The molecule has 0 fully saturated rings. The van der Waals surface area contributed by atoms with Crippen LogP contribution in [0, 0.1) is 13.8 Å². The molecule has 1 N–H and O–H groups in total. The Morgan fingerprint density at radius 1 is 1.26 bits per heavy atom. The molecule has 98 valence electrons. The quantitative estimate of drug-likeness (QED) is 0.783. The van der Waals surface area contributed by atoms with Gasteiger partial charge in [0.15, 0.2) is 5.58 Å². The Morgan fingerprint density at radius 2 is 2.11 bits per heavy atom. The summed E-state index contributed by atoms with van der Waals surface area (Å²) >= 11 is 0. The second kappa shape index (κ2) is 4.42. The molecule has 0 amide bonds. The first-order chi connectivity index (χ1) is 9.13. The van der Waals surface area contributed by atoms with Gasteiger partial charge in [-0.15, -0.1) is 0 Å². The Hall–Kier alpha value is -2.30. The van der Waals surface area contributed by atoms with Crippen molar-refractivity contribution in [1.29, 1.82) is 0 Å². The third kappa shape index (κ3) is 2.19. The average molecular weight is 256 g/mol. The zero-order valence-electron chi connectivity index (χ0n) is 11.3. The van der Waals surface area contributed by atoms with E-state index < -0.39 is 0 Å². The first kappa shape index (κ1) is 11.8. The number of hydrogen-bond acceptors (Lipinski definition) is 4. The number of benzene rings is 1. The van der Waals surface area contributed by atoms with E-state index in [0.29, 0.717) is 0 Å². The van der Waals surface area contributed by atoms with Gasteiger partial charge in [0, 0.05) is 42.5 Å². The van der Waals surface area contributed by atoms with Crippen molar-refractivity contribution in [3.8, 4) is 0 Å². The number of aromatic nitrogens is 3. The van der Waals surface area contributed by atoms with Crippen LogP contribution in [0.1, 0.15) is 17.0 Å². The summed E-state index contributed by atoms with van der Waals surface area (Å²) in [6.45, 7) is 4.70. The number of aryl methyl sites for hydroxylation is 3. The van der Waals surface area contributed by atoms with Crippen LogP contribution in [0.2, 0.25) is 0 Å². The second-order valence-electron chi connectivity index (χ2n) is 4.75. The summed E-state index contributed by atoms with van der Waals surface area (Å²) in [6.07, 6.45) is 2.03. The van der Waals surface area contributed by atoms with E-state index in [-0.39, 0.29) is 0 Å². The molecule has 5 nitrogen and oxygen atoms in total. The molecule has 0 radical (unpaired) electrons. The molecule has 0 saturated carbocycles. The van der Waals surface area contributed by atoms with Gasteiger partial charge in [-0.2, -0.15) is 5.10 Å². The number of nitrogens with one attached hydrogen (secondary N) is 1. The second-order valence-corrected chi connectivity index (χ2v) is 4.75. The van der Waals surface area contributed by atoms with Crippen molar-refractivity contribution in [1.82, 2.24) is 14.9 Å².